The largest absolute Gasteiger partial charge is 0.467 e. The van der Waals surface area contributed by atoms with Crippen LogP contribution in [0, 0.1) is 5.92 Å². The number of imide groups is 1. The molecule has 130 valence electrons. The zero-order chi connectivity index (χ0) is 17.2. The molecule has 1 aromatic rings. The van der Waals surface area contributed by atoms with Crippen LogP contribution in [0.2, 0.25) is 0 Å². The van der Waals surface area contributed by atoms with Gasteiger partial charge in [0.15, 0.2) is 0 Å². The average molecular weight is 334 g/mol. The summed E-state index contributed by atoms with van der Waals surface area (Å²) in [4.78, 5) is 37.6. The van der Waals surface area contributed by atoms with Gasteiger partial charge in [-0.3, -0.25) is 19.8 Å². The van der Waals surface area contributed by atoms with E-state index < -0.39 is 11.6 Å². The molecule has 8 nitrogen and oxygen atoms in total. The van der Waals surface area contributed by atoms with Gasteiger partial charge in [0.1, 0.15) is 11.3 Å². The number of likely N-dealkylation sites (tertiary alicyclic amines) is 1. The lowest BCUT2D eigenvalue weighted by Gasteiger charge is -2.39. The molecule has 0 spiro atoms. The van der Waals surface area contributed by atoms with E-state index in [0.717, 1.165) is 19.4 Å². The normalized spacial score (nSPS) is 27.6. The Labute approximate surface area is 139 Å². The molecule has 1 aromatic heterocycles. The molecule has 0 bridgehead atoms. The maximum atomic E-state index is 12.1. The first kappa shape index (κ1) is 16.5. The number of furan rings is 1. The summed E-state index contributed by atoms with van der Waals surface area (Å²) in [5.74, 6) is 0.312. The molecule has 3 N–H and O–H groups in total. The number of carbonyl (C=O) groups excluding carboxylic acids is 3. The number of hydrogen-bond acceptors (Lipinski definition) is 5. The first-order valence-electron chi connectivity index (χ1n) is 8.12. The van der Waals surface area contributed by atoms with Gasteiger partial charge in [0.05, 0.1) is 19.4 Å². The second-order valence-corrected chi connectivity index (χ2v) is 6.54. The summed E-state index contributed by atoms with van der Waals surface area (Å²) in [5.41, 5.74) is -0.902. The van der Waals surface area contributed by atoms with Crippen molar-refractivity contribution in [3.05, 3.63) is 24.2 Å². The molecule has 2 aliphatic rings. The molecule has 3 heterocycles. The van der Waals surface area contributed by atoms with E-state index in [1.165, 1.54) is 0 Å². The SMILES string of the molecule is C[C@]1([C@H]2CCCN(CC(=O)NCc3ccco3)C2)NC(=O)NC1=O. The summed E-state index contributed by atoms with van der Waals surface area (Å²) in [5, 5.41) is 7.85. The van der Waals surface area contributed by atoms with Crippen molar-refractivity contribution < 1.29 is 18.8 Å². The number of urea groups is 1. The number of piperidine rings is 1. The van der Waals surface area contributed by atoms with Gasteiger partial charge in [0, 0.05) is 12.5 Å². The Bertz CT molecular complexity index is 630. The van der Waals surface area contributed by atoms with Crippen LogP contribution in [0.4, 0.5) is 4.79 Å². The molecule has 0 aliphatic carbocycles. The van der Waals surface area contributed by atoms with Crippen molar-refractivity contribution in [2.45, 2.75) is 31.8 Å². The number of carbonyl (C=O) groups is 3. The molecule has 0 saturated carbocycles. The Kier molecular flexibility index (Phi) is 4.57. The van der Waals surface area contributed by atoms with Gasteiger partial charge in [-0.15, -0.1) is 0 Å². The minimum atomic E-state index is -0.902. The molecule has 0 aromatic carbocycles. The summed E-state index contributed by atoms with van der Waals surface area (Å²) < 4.78 is 5.18. The van der Waals surface area contributed by atoms with Crippen molar-refractivity contribution >= 4 is 17.8 Å². The molecular formula is C16H22N4O4. The molecule has 0 unspecified atom stereocenters. The van der Waals surface area contributed by atoms with Crippen LogP contribution in [0.3, 0.4) is 0 Å². The van der Waals surface area contributed by atoms with Crippen molar-refractivity contribution in [1.82, 2.24) is 20.9 Å². The maximum absolute atomic E-state index is 12.1. The van der Waals surface area contributed by atoms with Crippen molar-refractivity contribution in [3.8, 4) is 0 Å². The molecule has 2 atom stereocenters. The highest BCUT2D eigenvalue weighted by molar-refractivity contribution is 6.07. The number of amides is 4. The third-order valence-corrected chi connectivity index (χ3v) is 4.80. The smallest absolute Gasteiger partial charge is 0.322 e. The van der Waals surface area contributed by atoms with E-state index in [0.29, 0.717) is 18.8 Å². The fourth-order valence-corrected chi connectivity index (χ4v) is 3.37. The van der Waals surface area contributed by atoms with Crippen LogP contribution in [0.15, 0.2) is 22.8 Å². The van der Waals surface area contributed by atoms with Crippen LogP contribution in [0.25, 0.3) is 0 Å². The van der Waals surface area contributed by atoms with Gasteiger partial charge in [-0.25, -0.2) is 4.79 Å². The van der Waals surface area contributed by atoms with Gasteiger partial charge < -0.3 is 15.1 Å². The predicted octanol–water partition coefficient (Wildman–Crippen LogP) is 0.206. The first-order chi connectivity index (χ1) is 11.5. The van der Waals surface area contributed by atoms with E-state index >= 15 is 0 Å². The van der Waals surface area contributed by atoms with Crippen molar-refractivity contribution in [1.29, 1.82) is 0 Å². The molecule has 3 rings (SSSR count). The molecule has 24 heavy (non-hydrogen) atoms. The van der Waals surface area contributed by atoms with Crippen LogP contribution in [0.1, 0.15) is 25.5 Å². The molecule has 2 aliphatic heterocycles. The number of rotatable bonds is 5. The lowest BCUT2D eigenvalue weighted by Crippen LogP contribution is -2.56. The Morgan fingerprint density at radius 1 is 1.50 bits per heavy atom. The third kappa shape index (κ3) is 3.43. The van der Waals surface area contributed by atoms with Gasteiger partial charge in [0.2, 0.25) is 5.91 Å². The van der Waals surface area contributed by atoms with Crippen molar-refractivity contribution in [2.75, 3.05) is 19.6 Å². The van der Waals surface area contributed by atoms with Gasteiger partial charge in [0.25, 0.3) is 5.91 Å². The fourth-order valence-electron chi connectivity index (χ4n) is 3.37. The summed E-state index contributed by atoms with van der Waals surface area (Å²) >= 11 is 0. The molecule has 8 heteroatoms. The maximum Gasteiger partial charge on any atom is 0.322 e. The highest BCUT2D eigenvalue weighted by Crippen LogP contribution is 2.29. The van der Waals surface area contributed by atoms with Crippen LogP contribution in [-0.4, -0.2) is 47.9 Å². The lowest BCUT2D eigenvalue weighted by atomic mass is 9.80. The second-order valence-electron chi connectivity index (χ2n) is 6.54. The lowest BCUT2D eigenvalue weighted by molar-refractivity contribution is -0.126. The summed E-state index contributed by atoms with van der Waals surface area (Å²) in [6.07, 6.45) is 3.29. The molecule has 4 amide bonds. The zero-order valence-corrected chi connectivity index (χ0v) is 13.6. The van der Waals surface area contributed by atoms with Crippen LogP contribution < -0.4 is 16.0 Å². The van der Waals surface area contributed by atoms with E-state index in [1.54, 1.807) is 25.3 Å². The van der Waals surface area contributed by atoms with E-state index in [9.17, 15) is 14.4 Å². The standard InChI is InChI=1S/C16H22N4O4/c1-16(14(22)18-15(23)19-16)11-4-2-6-20(9-11)10-13(21)17-8-12-5-3-7-24-12/h3,5,7,11H,2,4,6,8-10H2,1H3,(H,17,21)(H2,18,19,22,23)/t11-,16+/m0/s1. The van der Waals surface area contributed by atoms with Gasteiger partial charge in [-0.05, 0) is 38.4 Å². The third-order valence-electron chi connectivity index (χ3n) is 4.80. The summed E-state index contributed by atoms with van der Waals surface area (Å²) in [6, 6.07) is 3.13. The minimum Gasteiger partial charge on any atom is -0.467 e. The Morgan fingerprint density at radius 3 is 3.00 bits per heavy atom. The number of hydrogen-bond donors (Lipinski definition) is 3. The topological polar surface area (TPSA) is 104 Å². The summed E-state index contributed by atoms with van der Waals surface area (Å²) in [6.45, 7) is 3.77. The zero-order valence-electron chi connectivity index (χ0n) is 13.6. The van der Waals surface area contributed by atoms with E-state index in [-0.39, 0.29) is 24.3 Å². The van der Waals surface area contributed by atoms with Gasteiger partial charge >= 0.3 is 6.03 Å². The van der Waals surface area contributed by atoms with Crippen LogP contribution in [-0.2, 0) is 16.1 Å². The highest BCUT2D eigenvalue weighted by atomic mass is 16.3. The van der Waals surface area contributed by atoms with Crippen LogP contribution in [0.5, 0.6) is 0 Å². The van der Waals surface area contributed by atoms with Crippen molar-refractivity contribution in [3.63, 3.8) is 0 Å². The highest BCUT2D eigenvalue weighted by Gasteiger charge is 2.48. The monoisotopic (exact) mass is 334 g/mol. The average Bonchev–Trinajstić information content (AvgIpc) is 3.14. The molecule has 0 radical (unpaired) electrons. The quantitative estimate of drug-likeness (QED) is 0.668. The van der Waals surface area contributed by atoms with Crippen molar-refractivity contribution in [2.24, 2.45) is 5.92 Å². The van der Waals surface area contributed by atoms with E-state index in [1.807, 2.05) is 4.90 Å². The molecular weight excluding hydrogens is 312 g/mol. The Morgan fingerprint density at radius 2 is 2.33 bits per heavy atom. The molecule has 2 fully saturated rings. The van der Waals surface area contributed by atoms with E-state index in [2.05, 4.69) is 16.0 Å². The van der Waals surface area contributed by atoms with E-state index in [4.69, 9.17) is 4.42 Å². The summed E-state index contributed by atoms with van der Waals surface area (Å²) in [7, 11) is 0. The number of nitrogens with zero attached hydrogens (tertiary/aromatic N) is 1. The second kappa shape index (κ2) is 6.64. The number of nitrogens with one attached hydrogen (secondary N) is 3. The first-order valence-corrected chi connectivity index (χ1v) is 8.12. The Hall–Kier alpha value is -2.35. The minimum absolute atomic E-state index is 0.0180. The molecule has 2 saturated heterocycles. The van der Waals surface area contributed by atoms with Gasteiger partial charge in [-0.2, -0.15) is 0 Å². The fraction of sp³-hybridized carbons (Fsp3) is 0.562. The Balaban J connectivity index is 1.53. The predicted molar refractivity (Wildman–Crippen MR) is 84.8 cm³/mol. The van der Waals surface area contributed by atoms with Gasteiger partial charge in [-0.1, -0.05) is 0 Å². The van der Waals surface area contributed by atoms with Crippen LogP contribution >= 0.6 is 0 Å².